The number of benzene rings is 1. The topological polar surface area (TPSA) is 82.2 Å². The molecule has 0 atom stereocenters. The summed E-state index contributed by atoms with van der Waals surface area (Å²) in [6.07, 6.45) is 11.6. The molecule has 0 aliphatic carbocycles. The number of hydrogen-bond donors (Lipinski definition) is 1. The lowest BCUT2D eigenvalue weighted by molar-refractivity contribution is -0.122. The minimum Gasteiger partial charge on any atom is -0.483 e. The van der Waals surface area contributed by atoms with E-state index in [4.69, 9.17) is 14.6 Å². The Morgan fingerprint density at radius 3 is 2.48 bits per heavy atom. The van der Waals surface area contributed by atoms with E-state index in [-0.39, 0.29) is 6.47 Å². The molecule has 3 aromatic rings. The van der Waals surface area contributed by atoms with Crippen LogP contribution < -0.4 is 0 Å². The minimum atomic E-state index is -0.250. The van der Waals surface area contributed by atoms with Crippen molar-refractivity contribution < 1.29 is 14.6 Å². The van der Waals surface area contributed by atoms with Crippen LogP contribution in [-0.2, 0) is 9.53 Å². The number of aromatic nitrogens is 4. The van der Waals surface area contributed by atoms with Crippen molar-refractivity contribution in [2.45, 2.75) is 18.9 Å². The Hall–Kier alpha value is -2.93. The molecule has 130 valence electrons. The van der Waals surface area contributed by atoms with Crippen molar-refractivity contribution in [2.75, 3.05) is 13.2 Å². The van der Waals surface area contributed by atoms with Crippen LogP contribution in [0.2, 0.25) is 0 Å². The minimum absolute atomic E-state index is 0.250. The summed E-state index contributed by atoms with van der Waals surface area (Å²) in [5.41, 5.74) is 2.24. The van der Waals surface area contributed by atoms with Gasteiger partial charge in [-0.3, -0.25) is 4.79 Å². The number of carbonyl (C=O) groups is 1. The second-order valence-corrected chi connectivity index (χ2v) is 5.62. The number of carboxylic acid groups (broad SMARTS) is 1. The lowest BCUT2D eigenvalue weighted by atomic mass is 10.1. The maximum Gasteiger partial charge on any atom is 0.290 e. The van der Waals surface area contributed by atoms with Crippen LogP contribution in [0.25, 0.3) is 17.1 Å². The molecular formula is C18H20N4O3. The highest BCUT2D eigenvalue weighted by Gasteiger charge is 2.18. The van der Waals surface area contributed by atoms with Gasteiger partial charge in [-0.2, -0.15) is 0 Å². The Bertz CT molecular complexity index is 775. The lowest BCUT2D eigenvalue weighted by Crippen LogP contribution is -2.19. The van der Waals surface area contributed by atoms with Crippen LogP contribution in [0.3, 0.4) is 0 Å². The van der Waals surface area contributed by atoms with Gasteiger partial charge in [-0.25, -0.2) is 9.97 Å². The zero-order valence-electron chi connectivity index (χ0n) is 13.7. The van der Waals surface area contributed by atoms with E-state index in [0.717, 1.165) is 43.1 Å². The van der Waals surface area contributed by atoms with Crippen molar-refractivity contribution in [3.05, 3.63) is 55.4 Å². The molecule has 1 aliphatic heterocycles. The maximum absolute atomic E-state index is 8.36. The van der Waals surface area contributed by atoms with Gasteiger partial charge >= 0.3 is 0 Å². The molecule has 25 heavy (non-hydrogen) atoms. The fourth-order valence-electron chi connectivity index (χ4n) is 2.99. The second kappa shape index (κ2) is 8.25. The first-order valence-electron chi connectivity index (χ1n) is 8.10. The van der Waals surface area contributed by atoms with Gasteiger partial charge in [0.1, 0.15) is 5.82 Å². The molecule has 0 amide bonds. The molecule has 0 spiro atoms. The van der Waals surface area contributed by atoms with Crippen molar-refractivity contribution >= 4 is 6.47 Å². The van der Waals surface area contributed by atoms with E-state index in [1.54, 1.807) is 12.5 Å². The molecule has 7 nitrogen and oxygen atoms in total. The van der Waals surface area contributed by atoms with Crippen LogP contribution in [0.15, 0.2) is 55.4 Å². The molecule has 1 aliphatic rings. The van der Waals surface area contributed by atoms with Gasteiger partial charge in [0.25, 0.3) is 6.47 Å². The van der Waals surface area contributed by atoms with E-state index >= 15 is 0 Å². The monoisotopic (exact) mass is 340 g/mol. The van der Waals surface area contributed by atoms with Crippen molar-refractivity contribution in [1.82, 2.24) is 19.1 Å². The van der Waals surface area contributed by atoms with E-state index in [2.05, 4.69) is 45.0 Å². The van der Waals surface area contributed by atoms with Gasteiger partial charge in [-0.15, -0.1) is 0 Å². The molecule has 0 saturated carbocycles. The van der Waals surface area contributed by atoms with Gasteiger partial charge in [0.15, 0.2) is 0 Å². The van der Waals surface area contributed by atoms with Crippen molar-refractivity contribution in [2.24, 2.45) is 0 Å². The first kappa shape index (κ1) is 16.9. The van der Waals surface area contributed by atoms with Crippen LogP contribution >= 0.6 is 0 Å². The van der Waals surface area contributed by atoms with E-state index in [1.807, 2.05) is 17.0 Å². The molecule has 7 heteroatoms. The Balaban J connectivity index is 0.000000569. The summed E-state index contributed by atoms with van der Waals surface area (Å²) in [4.78, 5) is 17.0. The van der Waals surface area contributed by atoms with Crippen molar-refractivity contribution in [1.29, 1.82) is 0 Å². The largest absolute Gasteiger partial charge is 0.483 e. The van der Waals surface area contributed by atoms with Gasteiger partial charge in [-0.1, -0.05) is 0 Å². The molecule has 2 aromatic heterocycles. The zero-order chi connectivity index (χ0) is 17.5. The molecule has 1 aromatic carbocycles. The Kier molecular flexibility index (Phi) is 5.58. The van der Waals surface area contributed by atoms with Gasteiger partial charge in [0.2, 0.25) is 0 Å². The average molecular weight is 340 g/mol. The molecule has 1 saturated heterocycles. The van der Waals surface area contributed by atoms with E-state index in [1.165, 1.54) is 0 Å². The fraction of sp³-hybridized carbons (Fsp3) is 0.278. The van der Waals surface area contributed by atoms with Crippen molar-refractivity contribution in [3.8, 4) is 17.1 Å². The van der Waals surface area contributed by atoms with Crippen LogP contribution in [0.1, 0.15) is 18.9 Å². The number of hydrogen-bond acceptors (Lipinski definition) is 4. The van der Waals surface area contributed by atoms with Crippen molar-refractivity contribution in [3.63, 3.8) is 0 Å². The van der Waals surface area contributed by atoms with Gasteiger partial charge in [0.05, 0.1) is 6.33 Å². The maximum atomic E-state index is 8.36. The lowest BCUT2D eigenvalue weighted by Gasteiger charge is -2.25. The van der Waals surface area contributed by atoms with Gasteiger partial charge < -0.3 is 19.0 Å². The predicted octanol–water partition coefficient (Wildman–Crippen LogP) is 2.79. The van der Waals surface area contributed by atoms with Gasteiger partial charge in [-0.05, 0) is 37.1 Å². The zero-order valence-corrected chi connectivity index (χ0v) is 13.7. The van der Waals surface area contributed by atoms with E-state index in [9.17, 15) is 0 Å². The fourth-order valence-corrected chi connectivity index (χ4v) is 2.99. The highest BCUT2D eigenvalue weighted by atomic mass is 16.5. The smallest absolute Gasteiger partial charge is 0.290 e. The third-order valence-corrected chi connectivity index (χ3v) is 4.18. The molecule has 0 radical (unpaired) electrons. The Morgan fingerprint density at radius 2 is 1.84 bits per heavy atom. The first-order chi connectivity index (χ1) is 12.3. The number of rotatable bonds is 3. The summed E-state index contributed by atoms with van der Waals surface area (Å²) >= 11 is 0. The van der Waals surface area contributed by atoms with Gasteiger partial charge in [0, 0.05) is 55.3 Å². The summed E-state index contributed by atoms with van der Waals surface area (Å²) in [5, 5.41) is 6.89. The van der Waals surface area contributed by atoms with Crippen LogP contribution in [0.4, 0.5) is 0 Å². The SMILES string of the molecule is O=CO.c1cn(-c2ccc(-c3nccn3C3CCOCC3)cc2)cn1. The summed E-state index contributed by atoms with van der Waals surface area (Å²) in [6.45, 7) is 1.42. The summed E-state index contributed by atoms with van der Waals surface area (Å²) < 4.78 is 9.74. The van der Waals surface area contributed by atoms with Crippen LogP contribution in [0.5, 0.6) is 0 Å². The number of imidazole rings is 2. The third-order valence-electron chi connectivity index (χ3n) is 4.18. The molecule has 0 unspecified atom stereocenters. The second-order valence-electron chi connectivity index (χ2n) is 5.62. The number of nitrogens with zero attached hydrogens (tertiary/aromatic N) is 4. The quantitative estimate of drug-likeness (QED) is 0.741. The highest BCUT2D eigenvalue weighted by Crippen LogP contribution is 2.27. The normalized spacial score (nSPS) is 14.6. The molecule has 4 rings (SSSR count). The molecular weight excluding hydrogens is 320 g/mol. The van der Waals surface area contributed by atoms with E-state index in [0.29, 0.717) is 6.04 Å². The summed E-state index contributed by atoms with van der Waals surface area (Å²) in [7, 11) is 0. The third kappa shape index (κ3) is 3.95. The Morgan fingerprint density at radius 1 is 1.12 bits per heavy atom. The Labute approximate surface area is 145 Å². The molecule has 3 heterocycles. The van der Waals surface area contributed by atoms with Crippen LogP contribution in [-0.4, -0.2) is 43.9 Å². The first-order valence-corrected chi connectivity index (χ1v) is 8.10. The predicted molar refractivity (Wildman–Crippen MR) is 92.6 cm³/mol. The average Bonchev–Trinajstić information content (AvgIpc) is 3.35. The van der Waals surface area contributed by atoms with Crippen LogP contribution in [0, 0.1) is 0 Å². The standard InChI is InChI=1S/C17H18N4O.CH2O2/c1-3-15(20-9-7-18-13-20)4-2-14(1)17-19-8-10-21(17)16-5-11-22-12-6-16;2-1-3/h1-4,7-10,13,16H,5-6,11-12H2;1H,(H,2,3). The molecule has 1 N–H and O–H groups in total. The summed E-state index contributed by atoms with van der Waals surface area (Å²) in [5.74, 6) is 1.03. The number of ether oxygens (including phenoxy) is 1. The van der Waals surface area contributed by atoms with E-state index < -0.39 is 0 Å². The molecule has 0 bridgehead atoms. The summed E-state index contributed by atoms with van der Waals surface area (Å²) in [6, 6.07) is 8.92. The molecule has 1 fully saturated rings. The highest BCUT2D eigenvalue weighted by molar-refractivity contribution is 5.58.